The highest BCUT2D eigenvalue weighted by Crippen LogP contribution is 2.21. The number of halogens is 1. The molecule has 0 fully saturated rings. The van der Waals surface area contributed by atoms with Gasteiger partial charge in [0.05, 0.1) is 6.04 Å². The molecule has 0 saturated heterocycles. The van der Waals surface area contributed by atoms with Crippen LogP contribution in [0, 0.1) is 0 Å². The van der Waals surface area contributed by atoms with Gasteiger partial charge in [-0.05, 0) is 31.8 Å². The number of likely N-dealkylation sites (N-methyl/N-ethyl adjacent to an activating group) is 1. The van der Waals surface area contributed by atoms with Crippen LogP contribution in [-0.2, 0) is 4.79 Å². The first kappa shape index (κ1) is 12.9. The zero-order chi connectivity index (χ0) is 12.1. The lowest BCUT2D eigenvalue weighted by Gasteiger charge is -2.21. The minimum Gasteiger partial charge on any atom is -0.478 e. The van der Waals surface area contributed by atoms with Gasteiger partial charge in [0.1, 0.15) is 0 Å². The lowest BCUT2D eigenvalue weighted by atomic mass is 10.1. The molecule has 1 aromatic carbocycles. The molecule has 1 unspecified atom stereocenters. The molecule has 0 aromatic heterocycles. The van der Waals surface area contributed by atoms with Gasteiger partial charge >= 0.3 is 5.97 Å². The molecule has 0 spiro atoms. The molecule has 0 bridgehead atoms. The first-order valence-corrected chi connectivity index (χ1v) is 5.63. The number of rotatable bonds is 4. The zero-order valence-corrected chi connectivity index (χ0v) is 10.8. The second-order valence-corrected chi connectivity index (χ2v) is 4.57. The molecule has 0 amide bonds. The van der Waals surface area contributed by atoms with Crippen LogP contribution in [0.3, 0.4) is 0 Å². The maximum Gasteiger partial charge on any atom is 0.328 e. The quantitative estimate of drug-likeness (QED) is 0.864. The first-order chi connectivity index (χ1) is 7.50. The fraction of sp³-hybridized carbons (Fsp3) is 0.250. The van der Waals surface area contributed by atoms with Crippen molar-refractivity contribution < 1.29 is 9.90 Å². The summed E-state index contributed by atoms with van der Waals surface area (Å²) in [7, 11) is 3.83. The Bertz CT molecular complexity index is 385. The topological polar surface area (TPSA) is 40.5 Å². The van der Waals surface area contributed by atoms with E-state index in [1.54, 1.807) is 6.08 Å². The molecule has 4 heteroatoms. The van der Waals surface area contributed by atoms with Crippen LogP contribution >= 0.6 is 15.9 Å². The van der Waals surface area contributed by atoms with Crippen molar-refractivity contribution in [3.05, 3.63) is 46.5 Å². The predicted octanol–water partition coefficient (Wildman–Crippen LogP) is 2.69. The van der Waals surface area contributed by atoms with Crippen molar-refractivity contribution in [3.8, 4) is 0 Å². The average molecular weight is 284 g/mol. The standard InChI is InChI=1S/C12H14BrNO2/c1-14(2)11(7-8-12(15)16)9-3-5-10(13)6-4-9/h3-8,11H,1-2H3,(H,15,16)/b8-7+. The summed E-state index contributed by atoms with van der Waals surface area (Å²) in [6.45, 7) is 0. The molecule has 0 aliphatic heterocycles. The van der Waals surface area contributed by atoms with E-state index in [9.17, 15) is 4.79 Å². The number of benzene rings is 1. The summed E-state index contributed by atoms with van der Waals surface area (Å²) in [5, 5.41) is 8.62. The molecule has 0 radical (unpaired) electrons. The number of aliphatic carboxylic acids is 1. The summed E-state index contributed by atoms with van der Waals surface area (Å²) < 4.78 is 1.01. The Morgan fingerprint density at radius 1 is 1.38 bits per heavy atom. The van der Waals surface area contributed by atoms with Crippen molar-refractivity contribution in [1.29, 1.82) is 0 Å². The summed E-state index contributed by atoms with van der Waals surface area (Å²) in [5.41, 5.74) is 1.06. The molecule has 16 heavy (non-hydrogen) atoms. The summed E-state index contributed by atoms with van der Waals surface area (Å²) >= 11 is 3.37. The maximum absolute atomic E-state index is 10.5. The fourth-order valence-corrected chi connectivity index (χ4v) is 1.68. The van der Waals surface area contributed by atoms with Gasteiger partial charge in [-0.2, -0.15) is 0 Å². The molecule has 3 nitrogen and oxygen atoms in total. The number of hydrogen-bond acceptors (Lipinski definition) is 2. The molecule has 1 atom stereocenters. The average Bonchev–Trinajstić information content (AvgIpc) is 2.20. The van der Waals surface area contributed by atoms with Gasteiger partial charge in [-0.15, -0.1) is 0 Å². The van der Waals surface area contributed by atoms with Crippen LogP contribution in [0.1, 0.15) is 11.6 Å². The molecule has 86 valence electrons. The minimum atomic E-state index is -0.927. The maximum atomic E-state index is 10.5. The van der Waals surface area contributed by atoms with E-state index in [1.165, 1.54) is 6.08 Å². The van der Waals surface area contributed by atoms with Gasteiger partial charge in [-0.1, -0.05) is 34.1 Å². The van der Waals surface area contributed by atoms with E-state index in [2.05, 4.69) is 15.9 Å². The number of nitrogens with zero attached hydrogens (tertiary/aromatic N) is 1. The van der Waals surface area contributed by atoms with Gasteiger partial charge in [0.2, 0.25) is 0 Å². The van der Waals surface area contributed by atoms with E-state index >= 15 is 0 Å². The molecule has 1 N–H and O–H groups in total. The Balaban J connectivity index is 2.94. The highest BCUT2D eigenvalue weighted by atomic mass is 79.9. The number of carboxylic acids is 1. The third-order valence-corrected chi connectivity index (χ3v) is 2.72. The van der Waals surface area contributed by atoms with Crippen molar-refractivity contribution in [3.63, 3.8) is 0 Å². The van der Waals surface area contributed by atoms with Gasteiger partial charge in [-0.25, -0.2) is 4.79 Å². The SMILES string of the molecule is CN(C)C(/C=C/C(=O)O)c1ccc(Br)cc1. The Morgan fingerprint density at radius 2 is 1.94 bits per heavy atom. The van der Waals surface area contributed by atoms with E-state index in [1.807, 2.05) is 43.3 Å². The molecule has 0 heterocycles. The van der Waals surface area contributed by atoms with Crippen LogP contribution in [0.4, 0.5) is 0 Å². The van der Waals surface area contributed by atoms with Crippen molar-refractivity contribution >= 4 is 21.9 Å². The van der Waals surface area contributed by atoms with Gasteiger partial charge in [-0.3, -0.25) is 4.90 Å². The van der Waals surface area contributed by atoms with E-state index < -0.39 is 5.97 Å². The lowest BCUT2D eigenvalue weighted by molar-refractivity contribution is -0.131. The van der Waals surface area contributed by atoms with E-state index in [0.717, 1.165) is 10.0 Å². The van der Waals surface area contributed by atoms with Crippen LogP contribution < -0.4 is 0 Å². The normalized spacial score (nSPS) is 13.2. The van der Waals surface area contributed by atoms with Gasteiger partial charge in [0.25, 0.3) is 0 Å². The van der Waals surface area contributed by atoms with Crippen LogP contribution in [-0.4, -0.2) is 30.1 Å². The highest BCUT2D eigenvalue weighted by molar-refractivity contribution is 9.10. The monoisotopic (exact) mass is 283 g/mol. The van der Waals surface area contributed by atoms with Crippen molar-refractivity contribution in [1.82, 2.24) is 4.90 Å². The van der Waals surface area contributed by atoms with Crippen LogP contribution in [0.5, 0.6) is 0 Å². The van der Waals surface area contributed by atoms with Gasteiger partial charge < -0.3 is 5.11 Å². The van der Waals surface area contributed by atoms with Crippen molar-refractivity contribution in [2.45, 2.75) is 6.04 Å². The molecule has 0 aliphatic carbocycles. The number of carboxylic acid groups (broad SMARTS) is 1. The Labute approximate surface area is 104 Å². The van der Waals surface area contributed by atoms with Crippen LogP contribution in [0.15, 0.2) is 40.9 Å². The summed E-state index contributed by atoms with van der Waals surface area (Å²) in [5.74, 6) is -0.927. The molecule has 0 saturated carbocycles. The van der Waals surface area contributed by atoms with Crippen LogP contribution in [0.2, 0.25) is 0 Å². The molecule has 1 rings (SSSR count). The lowest BCUT2D eigenvalue weighted by Crippen LogP contribution is -2.18. The fourth-order valence-electron chi connectivity index (χ4n) is 1.41. The largest absolute Gasteiger partial charge is 0.478 e. The van der Waals surface area contributed by atoms with Gasteiger partial charge in [0.15, 0.2) is 0 Å². The van der Waals surface area contributed by atoms with Crippen molar-refractivity contribution in [2.24, 2.45) is 0 Å². The number of hydrogen-bond donors (Lipinski definition) is 1. The highest BCUT2D eigenvalue weighted by Gasteiger charge is 2.10. The Hall–Kier alpha value is -1.13. The summed E-state index contributed by atoms with van der Waals surface area (Å²) in [4.78, 5) is 12.5. The molecular formula is C12H14BrNO2. The molecule has 1 aromatic rings. The third-order valence-electron chi connectivity index (χ3n) is 2.19. The van der Waals surface area contributed by atoms with E-state index in [-0.39, 0.29) is 6.04 Å². The molecular weight excluding hydrogens is 270 g/mol. The predicted molar refractivity (Wildman–Crippen MR) is 67.3 cm³/mol. The zero-order valence-electron chi connectivity index (χ0n) is 9.22. The number of carbonyl (C=O) groups is 1. The van der Waals surface area contributed by atoms with E-state index in [4.69, 9.17) is 5.11 Å². The molecule has 0 aliphatic rings. The van der Waals surface area contributed by atoms with E-state index in [0.29, 0.717) is 0 Å². The third kappa shape index (κ3) is 3.79. The van der Waals surface area contributed by atoms with Crippen molar-refractivity contribution in [2.75, 3.05) is 14.1 Å². The first-order valence-electron chi connectivity index (χ1n) is 4.83. The Kier molecular flexibility index (Phi) is 4.71. The summed E-state index contributed by atoms with van der Waals surface area (Å²) in [6, 6.07) is 7.81. The second-order valence-electron chi connectivity index (χ2n) is 3.66. The van der Waals surface area contributed by atoms with Crippen LogP contribution in [0.25, 0.3) is 0 Å². The van der Waals surface area contributed by atoms with Gasteiger partial charge in [0, 0.05) is 10.5 Å². The minimum absolute atomic E-state index is 0.0239. The summed E-state index contributed by atoms with van der Waals surface area (Å²) in [6.07, 6.45) is 2.85. The second kappa shape index (κ2) is 5.82. The smallest absolute Gasteiger partial charge is 0.328 e. The Morgan fingerprint density at radius 3 is 2.38 bits per heavy atom.